The van der Waals surface area contributed by atoms with Crippen molar-refractivity contribution in [2.75, 3.05) is 6.54 Å². The fraction of sp³-hybridized carbons (Fsp3) is 0.600. The average molecular weight is 253 g/mol. The summed E-state index contributed by atoms with van der Waals surface area (Å²) in [6.45, 7) is 11.1. The van der Waals surface area contributed by atoms with Crippen molar-refractivity contribution in [1.29, 1.82) is 0 Å². The zero-order chi connectivity index (χ0) is 13.8. The molecule has 0 aliphatic carbocycles. The van der Waals surface area contributed by atoms with Crippen LogP contribution < -0.4 is 10.1 Å². The minimum atomic E-state index is -0.222. The quantitative estimate of drug-likeness (QED) is 0.864. The third-order valence-corrected chi connectivity index (χ3v) is 2.75. The Morgan fingerprint density at radius 1 is 1.33 bits per heavy atom. The summed E-state index contributed by atoms with van der Waals surface area (Å²) < 4.78 is 18.9. The van der Waals surface area contributed by atoms with Gasteiger partial charge in [0.15, 0.2) is 0 Å². The average Bonchev–Trinajstić information content (AvgIpc) is 2.25. The van der Waals surface area contributed by atoms with Crippen LogP contribution in [0.15, 0.2) is 18.2 Å². The zero-order valence-corrected chi connectivity index (χ0v) is 12.0. The molecular weight excluding hydrogens is 229 g/mol. The molecule has 0 aliphatic heterocycles. The van der Waals surface area contributed by atoms with E-state index in [0.717, 1.165) is 24.3 Å². The van der Waals surface area contributed by atoms with Gasteiger partial charge in [0.2, 0.25) is 0 Å². The van der Waals surface area contributed by atoms with Crippen molar-refractivity contribution in [2.45, 2.75) is 52.7 Å². The second-order valence-electron chi connectivity index (χ2n) is 5.69. The zero-order valence-electron chi connectivity index (χ0n) is 12.0. The largest absolute Gasteiger partial charge is 0.489 e. The maximum Gasteiger partial charge on any atom is 0.123 e. The van der Waals surface area contributed by atoms with Gasteiger partial charge in [0.25, 0.3) is 0 Å². The minimum absolute atomic E-state index is 0.0780. The number of rotatable bonds is 5. The summed E-state index contributed by atoms with van der Waals surface area (Å²) in [4.78, 5) is 0. The van der Waals surface area contributed by atoms with Crippen LogP contribution in [-0.2, 0) is 0 Å². The second kappa shape index (κ2) is 6.19. The Bertz CT molecular complexity index is 385. The molecule has 0 radical (unpaired) electrons. The molecule has 0 amide bonds. The van der Waals surface area contributed by atoms with Crippen LogP contribution in [0.4, 0.5) is 4.39 Å². The molecule has 0 aromatic heterocycles. The van der Waals surface area contributed by atoms with Crippen LogP contribution in [-0.4, -0.2) is 18.2 Å². The number of ether oxygens (including phenoxy) is 1. The predicted molar refractivity (Wildman–Crippen MR) is 73.6 cm³/mol. The van der Waals surface area contributed by atoms with E-state index < -0.39 is 0 Å². The van der Waals surface area contributed by atoms with Gasteiger partial charge < -0.3 is 10.1 Å². The number of nitrogens with one attached hydrogen (secondary N) is 1. The Morgan fingerprint density at radius 3 is 2.50 bits per heavy atom. The number of aryl methyl sites for hydroxylation is 1. The molecule has 1 aromatic rings. The lowest BCUT2D eigenvalue weighted by Crippen LogP contribution is -2.42. The van der Waals surface area contributed by atoms with Gasteiger partial charge in [-0.05, 0) is 57.9 Å². The lowest BCUT2D eigenvalue weighted by Gasteiger charge is -2.25. The second-order valence-corrected chi connectivity index (χ2v) is 5.69. The normalized spacial score (nSPS) is 13.4. The van der Waals surface area contributed by atoms with Gasteiger partial charge in [0.05, 0.1) is 0 Å². The SMILES string of the molecule is CCC(CNC(C)(C)C)Oc1ccc(F)cc1C. The highest BCUT2D eigenvalue weighted by Crippen LogP contribution is 2.20. The van der Waals surface area contributed by atoms with E-state index in [1.807, 2.05) is 6.92 Å². The summed E-state index contributed by atoms with van der Waals surface area (Å²) in [6.07, 6.45) is 1.02. The summed E-state index contributed by atoms with van der Waals surface area (Å²) in [5.74, 6) is 0.541. The first-order valence-electron chi connectivity index (χ1n) is 6.49. The molecule has 102 valence electrons. The van der Waals surface area contributed by atoms with E-state index >= 15 is 0 Å². The van der Waals surface area contributed by atoms with Crippen LogP contribution in [0.5, 0.6) is 5.75 Å². The Morgan fingerprint density at radius 2 is 2.00 bits per heavy atom. The van der Waals surface area contributed by atoms with Crippen LogP contribution >= 0.6 is 0 Å². The molecule has 3 heteroatoms. The summed E-state index contributed by atoms with van der Waals surface area (Å²) in [5.41, 5.74) is 0.915. The predicted octanol–water partition coefficient (Wildman–Crippen LogP) is 3.68. The minimum Gasteiger partial charge on any atom is -0.489 e. The molecule has 1 rings (SSSR count). The van der Waals surface area contributed by atoms with Crippen LogP contribution in [0.3, 0.4) is 0 Å². The molecule has 18 heavy (non-hydrogen) atoms. The van der Waals surface area contributed by atoms with Gasteiger partial charge in [-0.2, -0.15) is 0 Å². The van der Waals surface area contributed by atoms with Crippen molar-refractivity contribution in [2.24, 2.45) is 0 Å². The third-order valence-electron chi connectivity index (χ3n) is 2.75. The van der Waals surface area contributed by atoms with E-state index in [9.17, 15) is 4.39 Å². The molecule has 0 spiro atoms. The van der Waals surface area contributed by atoms with Gasteiger partial charge in [-0.3, -0.25) is 0 Å². The van der Waals surface area contributed by atoms with Crippen molar-refractivity contribution in [1.82, 2.24) is 5.32 Å². The van der Waals surface area contributed by atoms with E-state index in [-0.39, 0.29) is 17.5 Å². The fourth-order valence-corrected chi connectivity index (χ4v) is 1.61. The smallest absolute Gasteiger partial charge is 0.123 e. The van der Waals surface area contributed by atoms with E-state index in [4.69, 9.17) is 4.74 Å². The van der Waals surface area contributed by atoms with Gasteiger partial charge in [-0.1, -0.05) is 6.92 Å². The topological polar surface area (TPSA) is 21.3 Å². The third kappa shape index (κ3) is 5.05. The fourth-order valence-electron chi connectivity index (χ4n) is 1.61. The maximum atomic E-state index is 13.0. The maximum absolute atomic E-state index is 13.0. The molecule has 2 nitrogen and oxygen atoms in total. The number of hydrogen-bond donors (Lipinski definition) is 1. The summed E-state index contributed by atoms with van der Waals surface area (Å²) in [5, 5.41) is 3.42. The van der Waals surface area contributed by atoms with Gasteiger partial charge >= 0.3 is 0 Å². The molecule has 1 unspecified atom stereocenters. The Hall–Kier alpha value is -1.09. The molecule has 0 fully saturated rings. The molecule has 0 aliphatic rings. The molecule has 0 saturated heterocycles. The first kappa shape index (κ1) is 15.0. The summed E-state index contributed by atoms with van der Waals surface area (Å²) in [7, 11) is 0. The van der Waals surface area contributed by atoms with Gasteiger partial charge in [-0.25, -0.2) is 4.39 Å². The highest BCUT2D eigenvalue weighted by molar-refractivity contribution is 5.32. The molecule has 0 heterocycles. The molecule has 0 saturated carbocycles. The number of hydrogen-bond acceptors (Lipinski definition) is 2. The van der Waals surface area contributed by atoms with Gasteiger partial charge in [0, 0.05) is 12.1 Å². The van der Waals surface area contributed by atoms with E-state index in [1.54, 1.807) is 6.07 Å². The van der Waals surface area contributed by atoms with E-state index in [0.29, 0.717) is 0 Å². The summed E-state index contributed by atoms with van der Waals surface area (Å²) >= 11 is 0. The Labute approximate surface area is 110 Å². The van der Waals surface area contributed by atoms with Crippen LogP contribution in [0.1, 0.15) is 39.7 Å². The molecule has 1 N–H and O–H groups in total. The Kier molecular flexibility index (Phi) is 5.15. The van der Waals surface area contributed by atoms with Crippen molar-refractivity contribution >= 4 is 0 Å². The van der Waals surface area contributed by atoms with Crippen LogP contribution in [0.25, 0.3) is 0 Å². The number of benzene rings is 1. The van der Waals surface area contributed by atoms with Gasteiger partial charge in [-0.15, -0.1) is 0 Å². The monoisotopic (exact) mass is 253 g/mol. The van der Waals surface area contributed by atoms with Crippen molar-refractivity contribution in [3.8, 4) is 5.75 Å². The van der Waals surface area contributed by atoms with E-state index in [1.165, 1.54) is 12.1 Å². The van der Waals surface area contributed by atoms with E-state index in [2.05, 4.69) is 33.0 Å². The standard InChI is InChI=1S/C15H24FNO/c1-6-13(10-17-15(3,4)5)18-14-8-7-12(16)9-11(14)2/h7-9,13,17H,6,10H2,1-5H3. The van der Waals surface area contributed by atoms with Crippen molar-refractivity contribution < 1.29 is 9.13 Å². The Balaban J connectivity index is 2.62. The highest BCUT2D eigenvalue weighted by atomic mass is 19.1. The summed E-state index contributed by atoms with van der Waals surface area (Å²) in [6, 6.07) is 4.63. The first-order chi connectivity index (χ1) is 8.31. The molecular formula is C15H24FNO. The molecule has 0 bridgehead atoms. The first-order valence-corrected chi connectivity index (χ1v) is 6.49. The van der Waals surface area contributed by atoms with Crippen LogP contribution in [0, 0.1) is 12.7 Å². The van der Waals surface area contributed by atoms with Gasteiger partial charge in [0.1, 0.15) is 17.7 Å². The molecule has 1 aromatic carbocycles. The molecule has 1 atom stereocenters. The lowest BCUT2D eigenvalue weighted by molar-refractivity contribution is 0.180. The number of halogens is 1. The van der Waals surface area contributed by atoms with Crippen molar-refractivity contribution in [3.63, 3.8) is 0 Å². The lowest BCUT2D eigenvalue weighted by atomic mass is 10.1. The highest BCUT2D eigenvalue weighted by Gasteiger charge is 2.15. The van der Waals surface area contributed by atoms with Crippen molar-refractivity contribution in [3.05, 3.63) is 29.6 Å². The van der Waals surface area contributed by atoms with Crippen LogP contribution in [0.2, 0.25) is 0 Å².